The lowest BCUT2D eigenvalue weighted by Gasteiger charge is -1.89. The molecule has 0 saturated carbocycles. The summed E-state index contributed by atoms with van der Waals surface area (Å²) in [6.45, 7) is 3.69. The summed E-state index contributed by atoms with van der Waals surface area (Å²) in [6.07, 6.45) is 3.05. The molecule has 0 fully saturated rings. The maximum Gasteiger partial charge on any atom is 0.314 e. The third kappa shape index (κ3) is 7.31. The predicted octanol–water partition coefficient (Wildman–Crippen LogP) is 0.580. The van der Waals surface area contributed by atoms with Gasteiger partial charge in [-0.05, 0) is 0 Å². The minimum Gasteiger partial charge on any atom is -0.328 e. The second-order valence-electron chi connectivity index (χ2n) is 2.19. The predicted molar refractivity (Wildman–Crippen MR) is 38.5 cm³/mol. The summed E-state index contributed by atoms with van der Waals surface area (Å²) < 4.78 is 24.7. The largest absolute Gasteiger partial charge is 0.328 e. The molecule has 0 aliphatic carbocycles. The standard InChI is InChI=1S/C6H10O3S/c1-6(2)4-5-9-10(3,7)8/h6H,1-3H3. The van der Waals surface area contributed by atoms with Gasteiger partial charge in [-0.1, -0.05) is 19.8 Å². The molecule has 0 rings (SSSR count). The van der Waals surface area contributed by atoms with Gasteiger partial charge in [0.1, 0.15) is 6.11 Å². The van der Waals surface area contributed by atoms with E-state index in [0.717, 1.165) is 6.26 Å². The zero-order valence-electron chi connectivity index (χ0n) is 6.21. The van der Waals surface area contributed by atoms with Crippen LogP contribution in [0.4, 0.5) is 0 Å². The zero-order valence-corrected chi connectivity index (χ0v) is 7.03. The third-order valence-corrected chi connectivity index (χ3v) is 0.927. The van der Waals surface area contributed by atoms with Crippen LogP contribution in [-0.4, -0.2) is 14.7 Å². The van der Waals surface area contributed by atoms with Crippen molar-refractivity contribution in [3.63, 3.8) is 0 Å². The molecule has 0 saturated heterocycles. The van der Waals surface area contributed by atoms with E-state index in [2.05, 4.69) is 16.2 Å². The Morgan fingerprint density at radius 2 is 1.90 bits per heavy atom. The van der Waals surface area contributed by atoms with E-state index >= 15 is 0 Å². The fourth-order valence-corrected chi connectivity index (χ4v) is 0.417. The zero-order chi connectivity index (χ0) is 8.20. The normalized spacial score (nSPS) is 10.4. The average Bonchev–Trinajstić information content (AvgIpc) is 1.59. The number of hydrogen-bond donors (Lipinski definition) is 0. The summed E-state index contributed by atoms with van der Waals surface area (Å²) in [7, 11) is -3.39. The van der Waals surface area contributed by atoms with Crippen molar-refractivity contribution in [2.75, 3.05) is 6.26 Å². The van der Waals surface area contributed by atoms with E-state index in [1.54, 1.807) is 0 Å². The van der Waals surface area contributed by atoms with Gasteiger partial charge in [0, 0.05) is 5.92 Å². The Bertz CT molecular complexity index is 240. The van der Waals surface area contributed by atoms with Gasteiger partial charge in [0.05, 0.1) is 6.26 Å². The molecule has 0 spiro atoms. The van der Waals surface area contributed by atoms with Gasteiger partial charge in [-0.25, -0.2) is 0 Å². The van der Waals surface area contributed by atoms with Crippen molar-refractivity contribution in [3.05, 3.63) is 0 Å². The van der Waals surface area contributed by atoms with E-state index in [9.17, 15) is 8.42 Å². The Morgan fingerprint density at radius 1 is 1.40 bits per heavy atom. The van der Waals surface area contributed by atoms with Crippen LogP contribution < -0.4 is 0 Å². The first-order chi connectivity index (χ1) is 4.42. The van der Waals surface area contributed by atoms with Gasteiger partial charge in [0.25, 0.3) is 0 Å². The molecule has 0 aliphatic heterocycles. The van der Waals surface area contributed by atoms with Crippen LogP contribution >= 0.6 is 0 Å². The molecule has 4 heteroatoms. The second kappa shape index (κ2) is 3.47. The quantitative estimate of drug-likeness (QED) is 0.418. The summed E-state index contributed by atoms with van der Waals surface area (Å²) in [5.74, 6) is 2.68. The highest BCUT2D eigenvalue weighted by molar-refractivity contribution is 7.86. The molecular formula is C6H10O3S. The van der Waals surface area contributed by atoms with Crippen molar-refractivity contribution < 1.29 is 12.6 Å². The van der Waals surface area contributed by atoms with Crippen molar-refractivity contribution in [1.82, 2.24) is 0 Å². The number of rotatable bonds is 1. The van der Waals surface area contributed by atoms with Crippen molar-refractivity contribution in [2.45, 2.75) is 13.8 Å². The molecule has 0 atom stereocenters. The highest BCUT2D eigenvalue weighted by Crippen LogP contribution is 1.88. The van der Waals surface area contributed by atoms with Crippen molar-refractivity contribution in [1.29, 1.82) is 0 Å². The fraction of sp³-hybridized carbons (Fsp3) is 0.667. The minimum absolute atomic E-state index is 0.127. The molecule has 0 heterocycles. The SMILES string of the molecule is CC(C)C#COS(C)(=O)=O. The number of hydrogen-bond acceptors (Lipinski definition) is 3. The van der Waals surface area contributed by atoms with Gasteiger partial charge in [-0.15, -0.1) is 0 Å². The summed E-state index contributed by atoms with van der Waals surface area (Å²) >= 11 is 0. The van der Waals surface area contributed by atoms with E-state index in [0.29, 0.717) is 0 Å². The van der Waals surface area contributed by atoms with E-state index in [1.165, 1.54) is 0 Å². The third-order valence-electron chi connectivity index (χ3n) is 0.541. The maximum absolute atomic E-state index is 10.3. The summed E-state index contributed by atoms with van der Waals surface area (Å²) in [5, 5.41) is 0. The van der Waals surface area contributed by atoms with Gasteiger partial charge in [0.15, 0.2) is 0 Å². The Kier molecular flexibility index (Phi) is 3.23. The molecule has 0 aromatic heterocycles. The maximum atomic E-state index is 10.3. The summed E-state index contributed by atoms with van der Waals surface area (Å²) in [4.78, 5) is 0. The Morgan fingerprint density at radius 3 is 2.20 bits per heavy atom. The molecule has 3 nitrogen and oxygen atoms in total. The minimum atomic E-state index is -3.39. The molecule has 0 aromatic carbocycles. The van der Waals surface area contributed by atoms with Crippen LogP contribution in [0.25, 0.3) is 0 Å². The van der Waals surface area contributed by atoms with E-state index in [1.807, 2.05) is 13.8 Å². The Labute approximate surface area is 61.5 Å². The topological polar surface area (TPSA) is 43.4 Å². The molecule has 0 unspecified atom stereocenters. The lowest BCUT2D eigenvalue weighted by atomic mass is 10.2. The molecule has 10 heavy (non-hydrogen) atoms. The molecule has 58 valence electrons. The van der Waals surface area contributed by atoms with Crippen LogP contribution in [-0.2, 0) is 14.3 Å². The Hall–Kier alpha value is -0.690. The van der Waals surface area contributed by atoms with E-state index in [4.69, 9.17) is 0 Å². The second-order valence-corrected chi connectivity index (χ2v) is 3.76. The van der Waals surface area contributed by atoms with Gasteiger partial charge >= 0.3 is 10.1 Å². The highest BCUT2D eigenvalue weighted by atomic mass is 32.2. The van der Waals surface area contributed by atoms with Crippen molar-refractivity contribution >= 4 is 10.1 Å². The summed E-state index contributed by atoms with van der Waals surface area (Å²) in [6, 6.07) is 0. The average molecular weight is 162 g/mol. The van der Waals surface area contributed by atoms with Crippen molar-refractivity contribution in [2.24, 2.45) is 5.92 Å². The molecule has 0 bridgehead atoms. The molecule has 0 radical (unpaired) electrons. The molecule has 0 aliphatic rings. The van der Waals surface area contributed by atoms with Crippen LogP contribution in [0.3, 0.4) is 0 Å². The van der Waals surface area contributed by atoms with Crippen molar-refractivity contribution in [3.8, 4) is 12.0 Å². The van der Waals surface area contributed by atoms with Crippen LogP contribution in [0, 0.1) is 17.9 Å². The van der Waals surface area contributed by atoms with Gasteiger partial charge in [-0.3, -0.25) is 0 Å². The first-order valence-electron chi connectivity index (χ1n) is 2.81. The highest BCUT2D eigenvalue weighted by Gasteiger charge is 1.95. The van der Waals surface area contributed by atoms with Gasteiger partial charge in [0.2, 0.25) is 0 Å². The molecule has 0 aromatic rings. The monoisotopic (exact) mass is 162 g/mol. The molecule has 0 amide bonds. The van der Waals surface area contributed by atoms with Gasteiger partial charge in [-0.2, -0.15) is 8.42 Å². The Balaban J connectivity index is 3.91. The molecule has 0 N–H and O–H groups in total. The van der Waals surface area contributed by atoms with Crippen LogP contribution in [0.2, 0.25) is 0 Å². The lowest BCUT2D eigenvalue weighted by molar-refractivity contribution is 0.471. The molecular weight excluding hydrogens is 152 g/mol. The summed E-state index contributed by atoms with van der Waals surface area (Å²) in [5.41, 5.74) is 0. The lowest BCUT2D eigenvalue weighted by Crippen LogP contribution is -1.96. The first kappa shape index (κ1) is 9.31. The van der Waals surface area contributed by atoms with E-state index < -0.39 is 10.1 Å². The van der Waals surface area contributed by atoms with Crippen LogP contribution in [0.15, 0.2) is 0 Å². The van der Waals surface area contributed by atoms with E-state index in [-0.39, 0.29) is 5.92 Å². The smallest absolute Gasteiger partial charge is 0.314 e. The van der Waals surface area contributed by atoms with Crippen LogP contribution in [0.1, 0.15) is 13.8 Å². The van der Waals surface area contributed by atoms with Crippen LogP contribution in [0.5, 0.6) is 0 Å². The first-order valence-corrected chi connectivity index (χ1v) is 4.62. The van der Waals surface area contributed by atoms with Gasteiger partial charge < -0.3 is 4.18 Å². The fourth-order valence-electron chi connectivity index (χ4n) is 0.218.